The van der Waals surface area contributed by atoms with Gasteiger partial charge in [0.25, 0.3) is 11.8 Å². The fourth-order valence-corrected chi connectivity index (χ4v) is 4.09. The first-order valence-electron chi connectivity index (χ1n) is 10.5. The number of nitrogens with zero attached hydrogens (tertiary/aromatic N) is 2. The molecule has 0 saturated carbocycles. The highest BCUT2D eigenvalue weighted by Crippen LogP contribution is 2.25. The summed E-state index contributed by atoms with van der Waals surface area (Å²) in [6, 6.07) is 27.0. The molecule has 0 radical (unpaired) electrons. The number of hydrogen-bond acceptors (Lipinski definition) is 5. The average molecular weight is 468 g/mol. The van der Waals surface area contributed by atoms with Crippen molar-refractivity contribution in [1.29, 1.82) is 5.26 Å². The molecule has 3 aromatic carbocycles. The van der Waals surface area contributed by atoms with E-state index in [9.17, 15) is 9.59 Å². The summed E-state index contributed by atoms with van der Waals surface area (Å²) in [5.41, 5.74) is 2.91. The highest BCUT2D eigenvalue weighted by Gasteiger charge is 2.20. The van der Waals surface area contributed by atoms with E-state index in [-0.39, 0.29) is 11.8 Å². The minimum atomic E-state index is -0.333. The Balaban J connectivity index is 1.47. The van der Waals surface area contributed by atoms with Gasteiger partial charge in [-0.25, -0.2) is 0 Å². The summed E-state index contributed by atoms with van der Waals surface area (Å²) in [6.07, 6.45) is 0. The van der Waals surface area contributed by atoms with E-state index in [1.165, 1.54) is 16.2 Å². The summed E-state index contributed by atoms with van der Waals surface area (Å²) in [5, 5.41) is 13.8. The number of nitriles is 1. The van der Waals surface area contributed by atoms with Crippen molar-refractivity contribution in [2.75, 3.05) is 17.3 Å². The van der Waals surface area contributed by atoms with Gasteiger partial charge in [-0.2, -0.15) is 5.26 Å². The van der Waals surface area contributed by atoms with Crippen molar-refractivity contribution in [3.8, 4) is 11.8 Å². The predicted molar refractivity (Wildman–Crippen MR) is 133 cm³/mol. The highest BCUT2D eigenvalue weighted by molar-refractivity contribution is 7.12. The number of nitrogens with one attached hydrogen (secondary N) is 1. The lowest BCUT2D eigenvalue weighted by Gasteiger charge is -2.20. The van der Waals surface area contributed by atoms with Crippen LogP contribution in [-0.2, 0) is 6.61 Å². The van der Waals surface area contributed by atoms with Gasteiger partial charge in [0, 0.05) is 18.8 Å². The van der Waals surface area contributed by atoms with Gasteiger partial charge in [0.15, 0.2) is 0 Å². The number of para-hydroxylation sites is 1. The van der Waals surface area contributed by atoms with Crippen molar-refractivity contribution in [3.63, 3.8) is 0 Å². The number of carbonyl (C=O) groups is 2. The van der Waals surface area contributed by atoms with Crippen LogP contribution >= 0.6 is 11.3 Å². The Hall–Kier alpha value is -4.41. The Morgan fingerprint density at radius 2 is 1.82 bits per heavy atom. The Kier molecular flexibility index (Phi) is 7.01. The van der Waals surface area contributed by atoms with Crippen LogP contribution in [-0.4, -0.2) is 18.9 Å². The lowest BCUT2D eigenvalue weighted by Crippen LogP contribution is -2.28. The summed E-state index contributed by atoms with van der Waals surface area (Å²) < 4.78 is 5.84. The number of rotatable bonds is 7. The van der Waals surface area contributed by atoms with Crippen LogP contribution in [0.1, 0.15) is 31.2 Å². The molecule has 0 spiro atoms. The van der Waals surface area contributed by atoms with Crippen LogP contribution in [0, 0.1) is 11.3 Å². The molecule has 0 fully saturated rings. The van der Waals surface area contributed by atoms with Gasteiger partial charge in [-0.05, 0) is 53.4 Å². The number of hydrogen-bond donors (Lipinski definition) is 1. The van der Waals surface area contributed by atoms with E-state index in [0.717, 1.165) is 5.56 Å². The van der Waals surface area contributed by atoms with Gasteiger partial charge in [0.05, 0.1) is 27.8 Å². The molecule has 4 rings (SSSR count). The summed E-state index contributed by atoms with van der Waals surface area (Å²) in [7, 11) is 1.66. The lowest BCUT2D eigenvalue weighted by molar-refractivity contribution is 0.0996. The first-order valence-corrected chi connectivity index (χ1v) is 11.4. The molecule has 0 aliphatic rings. The Morgan fingerprint density at radius 3 is 2.62 bits per heavy atom. The molecule has 0 bridgehead atoms. The molecule has 0 unspecified atom stereocenters. The second-order valence-corrected chi connectivity index (χ2v) is 8.39. The van der Waals surface area contributed by atoms with Crippen LogP contribution in [0.4, 0.5) is 11.4 Å². The third-order valence-electron chi connectivity index (χ3n) is 5.10. The Labute approximate surface area is 201 Å². The number of amides is 2. The van der Waals surface area contributed by atoms with Gasteiger partial charge in [-0.1, -0.05) is 36.4 Å². The van der Waals surface area contributed by atoms with Crippen molar-refractivity contribution in [1.82, 2.24) is 0 Å². The summed E-state index contributed by atoms with van der Waals surface area (Å²) in [5.74, 6) is 0.0739. The van der Waals surface area contributed by atoms with E-state index in [4.69, 9.17) is 10.00 Å². The van der Waals surface area contributed by atoms with Crippen LogP contribution in [0.3, 0.4) is 0 Å². The molecule has 34 heavy (non-hydrogen) atoms. The standard InChI is InChI=1S/C27H21N3O3S/c1-30(27(32)25-13-6-14-34-25)24-12-3-2-11-23(24)26(31)29-21-9-5-10-22(16-21)33-18-20-8-4-7-19(15-20)17-28/h2-16H,18H2,1H3,(H,29,31). The largest absolute Gasteiger partial charge is 0.489 e. The first kappa shape index (κ1) is 22.8. The highest BCUT2D eigenvalue weighted by atomic mass is 32.1. The maximum atomic E-state index is 13.1. The number of ether oxygens (including phenoxy) is 1. The zero-order valence-corrected chi connectivity index (χ0v) is 19.2. The molecule has 2 amide bonds. The van der Waals surface area contributed by atoms with Gasteiger partial charge < -0.3 is 15.0 Å². The van der Waals surface area contributed by atoms with Crippen LogP contribution in [0.25, 0.3) is 0 Å². The second kappa shape index (κ2) is 10.5. The fraction of sp³-hybridized carbons (Fsp3) is 0.0741. The summed E-state index contributed by atoms with van der Waals surface area (Å²) in [4.78, 5) is 28.0. The Morgan fingerprint density at radius 1 is 1.00 bits per heavy atom. The van der Waals surface area contributed by atoms with Crippen LogP contribution in [0.15, 0.2) is 90.3 Å². The van der Waals surface area contributed by atoms with Gasteiger partial charge in [-0.3, -0.25) is 9.59 Å². The van der Waals surface area contributed by atoms with Gasteiger partial charge in [0.2, 0.25) is 0 Å². The van der Waals surface area contributed by atoms with Crippen molar-refractivity contribution in [2.24, 2.45) is 0 Å². The number of benzene rings is 3. The number of thiophene rings is 1. The van der Waals surface area contributed by atoms with E-state index in [2.05, 4.69) is 11.4 Å². The van der Waals surface area contributed by atoms with E-state index >= 15 is 0 Å². The zero-order valence-electron chi connectivity index (χ0n) is 18.4. The molecule has 0 saturated heterocycles. The molecule has 7 heteroatoms. The van der Waals surface area contributed by atoms with Gasteiger partial charge in [-0.15, -0.1) is 11.3 Å². The quantitative estimate of drug-likeness (QED) is 0.376. The van der Waals surface area contributed by atoms with Crippen molar-refractivity contribution >= 4 is 34.5 Å². The predicted octanol–water partition coefficient (Wildman–Crippen LogP) is 5.73. The summed E-state index contributed by atoms with van der Waals surface area (Å²) >= 11 is 1.36. The van der Waals surface area contributed by atoms with Crippen LogP contribution in [0.2, 0.25) is 0 Å². The minimum Gasteiger partial charge on any atom is -0.489 e. The molecule has 0 atom stereocenters. The topological polar surface area (TPSA) is 82.4 Å². The van der Waals surface area contributed by atoms with E-state index in [1.807, 2.05) is 23.6 Å². The van der Waals surface area contributed by atoms with E-state index in [1.54, 1.807) is 73.8 Å². The molecule has 1 aromatic heterocycles. The third kappa shape index (κ3) is 5.31. The van der Waals surface area contributed by atoms with Crippen LogP contribution in [0.5, 0.6) is 5.75 Å². The second-order valence-electron chi connectivity index (χ2n) is 7.44. The SMILES string of the molecule is CN(C(=O)c1cccs1)c1ccccc1C(=O)Nc1cccc(OCc2cccc(C#N)c2)c1. The van der Waals surface area contributed by atoms with Crippen molar-refractivity contribution < 1.29 is 14.3 Å². The number of anilines is 2. The fourth-order valence-electron chi connectivity index (χ4n) is 3.39. The van der Waals surface area contributed by atoms with E-state index < -0.39 is 0 Å². The average Bonchev–Trinajstić information content (AvgIpc) is 3.42. The monoisotopic (exact) mass is 467 g/mol. The Bertz CT molecular complexity index is 1360. The molecular formula is C27H21N3O3S. The normalized spacial score (nSPS) is 10.2. The molecule has 4 aromatic rings. The molecule has 0 aliphatic heterocycles. The number of carbonyl (C=O) groups excluding carboxylic acids is 2. The summed E-state index contributed by atoms with van der Waals surface area (Å²) in [6.45, 7) is 0.297. The molecular weight excluding hydrogens is 446 g/mol. The lowest BCUT2D eigenvalue weighted by atomic mass is 10.1. The maximum Gasteiger partial charge on any atom is 0.268 e. The van der Waals surface area contributed by atoms with Crippen molar-refractivity contribution in [2.45, 2.75) is 6.61 Å². The molecule has 168 valence electrons. The first-order chi connectivity index (χ1) is 16.5. The molecule has 1 heterocycles. The maximum absolute atomic E-state index is 13.1. The third-order valence-corrected chi connectivity index (χ3v) is 5.96. The van der Waals surface area contributed by atoms with Gasteiger partial charge >= 0.3 is 0 Å². The molecule has 6 nitrogen and oxygen atoms in total. The minimum absolute atomic E-state index is 0.175. The molecule has 0 aliphatic carbocycles. The van der Waals surface area contributed by atoms with Crippen molar-refractivity contribution in [3.05, 3.63) is 112 Å². The van der Waals surface area contributed by atoms with Gasteiger partial charge in [0.1, 0.15) is 12.4 Å². The molecule has 1 N–H and O–H groups in total. The van der Waals surface area contributed by atoms with E-state index in [0.29, 0.717) is 39.7 Å². The zero-order chi connectivity index (χ0) is 23.9. The smallest absolute Gasteiger partial charge is 0.268 e. The van der Waals surface area contributed by atoms with Crippen LogP contribution < -0.4 is 15.0 Å².